The van der Waals surface area contributed by atoms with E-state index in [1.54, 1.807) is 0 Å². The van der Waals surface area contributed by atoms with Crippen LogP contribution in [0.2, 0.25) is 0 Å². The van der Waals surface area contributed by atoms with Crippen molar-refractivity contribution >= 4 is 0 Å². The molecular formula is C21H44. The van der Waals surface area contributed by atoms with Crippen LogP contribution in [0.25, 0.3) is 0 Å². The van der Waals surface area contributed by atoms with Crippen molar-refractivity contribution in [1.29, 1.82) is 0 Å². The van der Waals surface area contributed by atoms with Crippen LogP contribution in [0.15, 0.2) is 0 Å². The van der Waals surface area contributed by atoms with Crippen LogP contribution in [0.3, 0.4) is 0 Å². The Labute approximate surface area is 136 Å². The molecule has 0 fully saturated rings. The zero-order valence-electron chi connectivity index (χ0n) is 16.4. The van der Waals surface area contributed by atoms with E-state index in [1.165, 1.54) is 70.6 Å². The van der Waals surface area contributed by atoms with Gasteiger partial charge in [0.05, 0.1) is 0 Å². The predicted octanol–water partition coefficient (Wildman–Crippen LogP) is 8.01. The zero-order valence-corrected chi connectivity index (χ0v) is 16.4. The molecule has 21 heavy (non-hydrogen) atoms. The summed E-state index contributed by atoms with van der Waals surface area (Å²) in [6, 6.07) is 0. The lowest BCUT2D eigenvalue weighted by Gasteiger charge is -2.35. The Hall–Kier alpha value is 0. The number of hydrogen-bond donors (Lipinski definition) is 0. The molecule has 0 aliphatic rings. The molecule has 0 N–H and O–H groups in total. The fourth-order valence-electron chi connectivity index (χ4n) is 3.41. The fourth-order valence-corrected chi connectivity index (χ4v) is 3.41. The number of rotatable bonds is 13. The van der Waals surface area contributed by atoms with Gasteiger partial charge in [-0.1, -0.05) is 93.4 Å². The normalized spacial score (nSPS) is 15.4. The fraction of sp³-hybridized carbons (Fsp3) is 1.00. The summed E-state index contributed by atoms with van der Waals surface area (Å²) >= 11 is 0. The van der Waals surface area contributed by atoms with E-state index in [-0.39, 0.29) is 0 Å². The topological polar surface area (TPSA) is 0 Å². The maximum Gasteiger partial charge on any atom is -0.0303 e. The van der Waals surface area contributed by atoms with Gasteiger partial charge in [0.1, 0.15) is 0 Å². The van der Waals surface area contributed by atoms with E-state index in [4.69, 9.17) is 0 Å². The molecule has 0 aromatic rings. The van der Waals surface area contributed by atoms with E-state index in [1.807, 2.05) is 0 Å². The SMILES string of the molecule is CCCCCCC(C)(CCCC(C)(C)CCCC)C(C)C. The lowest BCUT2D eigenvalue weighted by atomic mass is 9.70. The monoisotopic (exact) mass is 296 g/mol. The van der Waals surface area contributed by atoms with Crippen LogP contribution in [0.5, 0.6) is 0 Å². The van der Waals surface area contributed by atoms with Gasteiger partial charge in [0.2, 0.25) is 0 Å². The maximum atomic E-state index is 2.54. The van der Waals surface area contributed by atoms with Gasteiger partial charge in [0, 0.05) is 0 Å². The minimum Gasteiger partial charge on any atom is -0.0654 e. The van der Waals surface area contributed by atoms with E-state index in [0.29, 0.717) is 10.8 Å². The maximum absolute atomic E-state index is 2.54. The van der Waals surface area contributed by atoms with Gasteiger partial charge in [0.25, 0.3) is 0 Å². The quantitative estimate of drug-likeness (QED) is 0.302. The molecule has 1 atom stereocenters. The molecule has 0 aromatic carbocycles. The Morgan fingerprint density at radius 1 is 0.619 bits per heavy atom. The molecule has 0 heteroatoms. The Kier molecular flexibility index (Phi) is 10.7. The van der Waals surface area contributed by atoms with Crippen molar-refractivity contribution in [2.45, 2.75) is 119 Å². The van der Waals surface area contributed by atoms with Gasteiger partial charge < -0.3 is 0 Å². The summed E-state index contributed by atoms with van der Waals surface area (Å²) in [5.74, 6) is 0.817. The van der Waals surface area contributed by atoms with Crippen LogP contribution in [-0.2, 0) is 0 Å². The second-order valence-corrected chi connectivity index (χ2v) is 8.74. The molecule has 0 nitrogen and oxygen atoms in total. The third-order valence-corrected chi connectivity index (χ3v) is 5.80. The third-order valence-electron chi connectivity index (χ3n) is 5.80. The van der Waals surface area contributed by atoms with Crippen molar-refractivity contribution in [3.8, 4) is 0 Å². The molecule has 0 bridgehead atoms. The molecule has 0 heterocycles. The first-order valence-electron chi connectivity index (χ1n) is 9.77. The summed E-state index contributed by atoms with van der Waals surface area (Å²) in [5.41, 5.74) is 1.12. The summed E-state index contributed by atoms with van der Waals surface area (Å²) < 4.78 is 0. The highest BCUT2D eigenvalue weighted by molar-refractivity contribution is 4.79. The first-order chi connectivity index (χ1) is 9.77. The summed E-state index contributed by atoms with van der Waals surface area (Å²) in [4.78, 5) is 0. The smallest absolute Gasteiger partial charge is 0.0303 e. The van der Waals surface area contributed by atoms with Crippen molar-refractivity contribution in [3.05, 3.63) is 0 Å². The molecule has 128 valence electrons. The van der Waals surface area contributed by atoms with Crippen molar-refractivity contribution in [2.24, 2.45) is 16.7 Å². The molecule has 0 aliphatic carbocycles. The van der Waals surface area contributed by atoms with Gasteiger partial charge in [-0.3, -0.25) is 0 Å². The van der Waals surface area contributed by atoms with Crippen molar-refractivity contribution < 1.29 is 0 Å². The van der Waals surface area contributed by atoms with Crippen molar-refractivity contribution in [3.63, 3.8) is 0 Å². The minimum atomic E-state index is 0.552. The predicted molar refractivity (Wildman–Crippen MR) is 98.9 cm³/mol. The van der Waals surface area contributed by atoms with Gasteiger partial charge in [0.15, 0.2) is 0 Å². The Morgan fingerprint density at radius 2 is 1.14 bits per heavy atom. The van der Waals surface area contributed by atoms with Crippen LogP contribution in [-0.4, -0.2) is 0 Å². The van der Waals surface area contributed by atoms with Gasteiger partial charge in [-0.2, -0.15) is 0 Å². The molecule has 0 spiro atoms. The largest absolute Gasteiger partial charge is 0.0654 e. The van der Waals surface area contributed by atoms with Crippen LogP contribution >= 0.6 is 0 Å². The minimum absolute atomic E-state index is 0.552. The van der Waals surface area contributed by atoms with Gasteiger partial charge in [-0.15, -0.1) is 0 Å². The Balaban J connectivity index is 4.19. The van der Waals surface area contributed by atoms with Gasteiger partial charge in [-0.05, 0) is 42.4 Å². The lowest BCUT2D eigenvalue weighted by molar-refractivity contribution is 0.156. The Bertz CT molecular complexity index is 238. The first-order valence-corrected chi connectivity index (χ1v) is 9.77. The highest BCUT2D eigenvalue weighted by Crippen LogP contribution is 2.40. The molecule has 0 saturated heterocycles. The first kappa shape index (κ1) is 21.0. The summed E-state index contributed by atoms with van der Waals surface area (Å²) in [6.07, 6.45) is 15.4. The highest BCUT2D eigenvalue weighted by atomic mass is 14.3. The second-order valence-electron chi connectivity index (χ2n) is 8.74. The molecule has 0 aromatic heterocycles. The summed E-state index contributed by atoms with van der Waals surface area (Å²) in [5, 5.41) is 0. The molecule has 1 unspecified atom stereocenters. The highest BCUT2D eigenvalue weighted by Gasteiger charge is 2.28. The van der Waals surface area contributed by atoms with Gasteiger partial charge in [-0.25, -0.2) is 0 Å². The number of unbranched alkanes of at least 4 members (excludes halogenated alkanes) is 4. The van der Waals surface area contributed by atoms with E-state index < -0.39 is 0 Å². The molecule has 0 aliphatic heterocycles. The molecule has 0 radical (unpaired) electrons. The molecular weight excluding hydrogens is 252 g/mol. The molecule has 0 saturated carbocycles. The second kappa shape index (κ2) is 10.7. The van der Waals surface area contributed by atoms with Crippen LogP contribution in [0, 0.1) is 16.7 Å². The van der Waals surface area contributed by atoms with Crippen LogP contribution < -0.4 is 0 Å². The summed E-state index contributed by atoms with van der Waals surface area (Å²) in [7, 11) is 0. The third kappa shape index (κ3) is 9.59. The van der Waals surface area contributed by atoms with Crippen molar-refractivity contribution in [2.75, 3.05) is 0 Å². The van der Waals surface area contributed by atoms with E-state index in [2.05, 4.69) is 48.5 Å². The number of hydrogen-bond acceptors (Lipinski definition) is 0. The van der Waals surface area contributed by atoms with E-state index in [9.17, 15) is 0 Å². The molecule has 0 rings (SSSR count). The van der Waals surface area contributed by atoms with Crippen LogP contribution in [0.1, 0.15) is 119 Å². The average molecular weight is 297 g/mol. The average Bonchev–Trinajstić information content (AvgIpc) is 2.41. The van der Waals surface area contributed by atoms with Crippen LogP contribution in [0.4, 0.5) is 0 Å². The van der Waals surface area contributed by atoms with Crippen molar-refractivity contribution in [1.82, 2.24) is 0 Å². The Morgan fingerprint density at radius 3 is 1.67 bits per heavy atom. The molecule has 0 amide bonds. The van der Waals surface area contributed by atoms with E-state index in [0.717, 1.165) is 5.92 Å². The zero-order chi connectivity index (χ0) is 16.4. The van der Waals surface area contributed by atoms with E-state index >= 15 is 0 Å². The summed E-state index contributed by atoms with van der Waals surface area (Å²) in [6.45, 7) is 17.0. The van der Waals surface area contributed by atoms with Gasteiger partial charge >= 0.3 is 0 Å². The standard InChI is InChI=1S/C21H44/c1-8-10-12-13-17-21(7,19(3)4)18-14-16-20(5,6)15-11-9-2/h19H,8-18H2,1-7H3. The lowest BCUT2D eigenvalue weighted by Crippen LogP contribution is -2.24.